The molecule has 0 aliphatic heterocycles. The lowest BCUT2D eigenvalue weighted by molar-refractivity contribution is -0.113. The van der Waals surface area contributed by atoms with E-state index in [1.807, 2.05) is 0 Å². The fourth-order valence-corrected chi connectivity index (χ4v) is 1.73. The van der Waals surface area contributed by atoms with Crippen LogP contribution >= 0.6 is 0 Å². The predicted octanol–water partition coefficient (Wildman–Crippen LogP) is 2.34. The van der Waals surface area contributed by atoms with Crippen molar-refractivity contribution in [3.63, 3.8) is 0 Å². The third kappa shape index (κ3) is 4.37. The molecule has 0 aliphatic carbocycles. The molecule has 1 unspecified atom stereocenters. The number of methoxy groups -OCH3 is 1. The van der Waals surface area contributed by atoms with Crippen LogP contribution in [0, 0.1) is 0 Å². The molecule has 0 bridgehead atoms. The number of hydrogen-bond donors (Lipinski definition) is 2. The fourth-order valence-electron chi connectivity index (χ4n) is 1.73. The minimum absolute atomic E-state index is 0.124. The van der Waals surface area contributed by atoms with Gasteiger partial charge < -0.3 is 24.7 Å². The zero-order valence-corrected chi connectivity index (χ0v) is 12.9. The Morgan fingerprint density at radius 2 is 1.90 bits per heavy atom. The normalized spacial score (nSPS) is 14.0. The lowest BCUT2D eigenvalue weighted by Crippen LogP contribution is -2.47. The number of rotatable bonds is 4. The van der Waals surface area contributed by atoms with Gasteiger partial charge in [0.15, 0.2) is 0 Å². The molecule has 1 amide bonds. The molecule has 1 atom stereocenters. The molecule has 0 fully saturated rings. The van der Waals surface area contributed by atoms with Crippen LogP contribution in [0.25, 0.3) is 0 Å². The van der Waals surface area contributed by atoms with E-state index in [-0.39, 0.29) is 11.3 Å². The standard InChI is InChI=1S/C15H21NO5/c1-14(2,3)21-13(19)16-15(4,9-17)11-8-10(20-5)6-7-12(11)18/h6-9,18H,1-5H3,(H,16,19). The quantitative estimate of drug-likeness (QED) is 0.833. The fraction of sp³-hybridized carbons (Fsp3) is 0.467. The first kappa shape index (κ1) is 16.8. The Hall–Kier alpha value is -2.24. The maximum atomic E-state index is 11.9. The van der Waals surface area contributed by atoms with Gasteiger partial charge in [-0.15, -0.1) is 0 Å². The highest BCUT2D eigenvalue weighted by Crippen LogP contribution is 2.31. The molecule has 0 aromatic heterocycles. The highest BCUT2D eigenvalue weighted by Gasteiger charge is 2.33. The van der Waals surface area contributed by atoms with Crippen molar-refractivity contribution < 1.29 is 24.2 Å². The number of phenols is 1. The van der Waals surface area contributed by atoms with Gasteiger partial charge in [0.05, 0.1) is 7.11 Å². The summed E-state index contributed by atoms with van der Waals surface area (Å²) in [6, 6.07) is 4.44. The van der Waals surface area contributed by atoms with E-state index in [0.717, 1.165) is 0 Å². The van der Waals surface area contributed by atoms with Gasteiger partial charge in [-0.2, -0.15) is 0 Å². The molecule has 1 aromatic carbocycles. The van der Waals surface area contributed by atoms with Crippen molar-refractivity contribution in [1.82, 2.24) is 5.32 Å². The summed E-state index contributed by atoms with van der Waals surface area (Å²) >= 11 is 0. The van der Waals surface area contributed by atoms with Gasteiger partial charge in [-0.3, -0.25) is 0 Å². The zero-order valence-electron chi connectivity index (χ0n) is 12.9. The molecule has 0 radical (unpaired) electrons. The van der Waals surface area contributed by atoms with Crippen LogP contribution in [-0.4, -0.2) is 30.2 Å². The number of aromatic hydroxyl groups is 1. The van der Waals surface area contributed by atoms with Gasteiger partial charge >= 0.3 is 6.09 Å². The Bertz CT molecular complexity index is 535. The Balaban J connectivity index is 3.10. The van der Waals surface area contributed by atoms with Gasteiger partial charge in [-0.05, 0) is 45.9 Å². The van der Waals surface area contributed by atoms with E-state index in [2.05, 4.69) is 5.32 Å². The van der Waals surface area contributed by atoms with Crippen molar-refractivity contribution in [2.24, 2.45) is 0 Å². The molecule has 0 heterocycles. The molecule has 21 heavy (non-hydrogen) atoms. The predicted molar refractivity (Wildman–Crippen MR) is 77.4 cm³/mol. The van der Waals surface area contributed by atoms with Crippen LogP contribution in [0.15, 0.2) is 18.2 Å². The molecule has 2 N–H and O–H groups in total. The summed E-state index contributed by atoms with van der Waals surface area (Å²) in [5.74, 6) is 0.336. The summed E-state index contributed by atoms with van der Waals surface area (Å²) in [7, 11) is 1.47. The third-order valence-electron chi connectivity index (χ3n) is 2.76. The number of aldehydes is 1. The second-order valence-electron chi connectivity index (χ2n) is 5.83. The maximum Gasteiger partial charge on any atom is 0.408 e. The molecular weight excluding hydrogens is 274 g/mol. The number of ether oxygens (including phenoxy) is 2. The summed E-state index contributed by atoms with van der Waals surface area (Å²) in [6.07, 6.45) is -0.217. The number of nitrogens with one attached hydrogen (secondary N) is 1. The molecule has 116 valence electrons. The van der Waals surface area contributed by atoms with Gasteiger partial charge in [0.1, 0.15) is 28.9 Å². The zero-order chi connectivity index (χ0) is 16.3. The molecule has 0 saturated heterocycles. The Labute approximate surface area is 124 Å². The summed E-state index contributed by atoms with van der Waals surface area (Å²) in [6.45, 7) is 6.62. The first-order chi connectivity index (χ1) is 9.61. The van der Waals surface area contributed by atoms with E-state index in [4.69, 9.17) is 9.47 Å². The van der Waals surface area contributed by atoms with Gasteiger partial charge in [0.2, 0.25) is 0 Å². The highest BCUT2D eigenvalue weighted by molar-refractivity contribution is 5.79. The van der Waals surface area contributed by atoms with Gasteiger partial charge in [0.25, 0.3) is 0 Å². The molecule has 0 spiro atoms. The molecule has 6 nitrogen and oxygen atoms in total. The minimum atomic E-state index is -1.43. The monoisotopic (exact) mass is 295 g/mol. The van der Waals surface area contributed by atoms with Crippen molar-refractivity contribution in [2.45, 2.75) is 38.8 Å². The molecule has 0 aliphatic rings. The van der Waals surface area contributed by atoms with Crippen LogP contribution in [0.1, 0.15) is 33.3 Å². The number of carbonyl (C=O) groups is 2. The van der Waals surface area contributed by atoms with Crippen molar-refractivity contribution in [2.75, 3.05) is 7.11 Å². The van der Waals surface area contributed by atoms with Crippen LogP contribution in [0.4, 0.5) is 4.79 Å². The van der Waals surface area contributed by atoms with Crippen LogP contribution in [0.3, 0.4) is 0 Å². The molecule has 0 saturated carbocycles. The first-order valence-corrected chi connectivity index (χ1v) is 6.46. The maximum absolute atomic E-state index is 11.9. The molecule has 6 heteroatoms. The van der Waals surface area contributed by atoms with Crippen molar-refractivity contribution in [1.29, 1.82) is 0 Å². The van der Waals surface area contributed by atoms with E-state index in [1.165, 1.54) is 26.2 Å². The number of amides is 1. The van der Waals surface area contributed by atoms with E-state index >= 15 is 0 Å². The number of carbonyl (C=O) groups excluding carboxylic acids is 2. The average Bonchev–Trinajstić information content (AvgIpc) is 2.36. The number of hydrogen-bond acceptors (Lipinski definition) is 5. The van der Waals surface area contributed by atoms with E-state index < -0.39 is 17.2 Å². The lowest BCUT2D eigenvalue weighted by atomic mass is 9.92. The van der Waals surface area contributed by atoms with Crippen molar-refractivity contribution in [3.05, 3.63) is 23.8 Å². The van der Waals surface area contributed by atoms with Crippen molar-refractivity contribution >= 4 is 12.4 Å². The summed E-state index contributed by atoms with van der Waals surface area (Å²) in [5.41, 5.74) is -1.90. The Kier molecular flexibility index (Phi) is 4.83. The summed E-state index contributed by atoms with van der Waals surface area (Å²) in [4.78, 5) is 23.3. The van der Waals surface area contributed by atoms with E-state index in [9.17, 15) is 14.7 Å². The lowest BCUT2D eigenvalue weighted by Gasteiger charge is -2.28. The van der Waals surface area contributed by atoms with Crippen LogP contribution in [0.5, 0.6) is 11.5 Å². The van der Waals surface area contributed by atoms with E-state index in [0.29, 0.717) is 12.0 Å². The van der Waals surface area contributed by atoms with Gasteiger partial charge in [-0.1, -0.05) is 0 Å². The summed E-state index contributed by atoms with van der Waals surface area (Å²) in [5, 5.41) is 12.4. The molecular formula is C15H21NO5. The van der Waals surface area contributed by atoms with Crippen LogP contribution in [-0.2, 0) is 15.1 Å². The smallest absolute Gasteiger partial charge is 0.408 e. The number of alkyl carbamates (subject to hydrolysis) is 1. The highest BCUT2D eigenvalue weighted by atomic mass is 16.6. The number of benzene rings is 1. The second kappa shape index (κ2) is 6.03. The molecule has 1 aromatic rings. The Morgan fingerprint density at radius 1 is 1.29 bits per heavy atom. The second-order valence-corrected chi connectivity index (χ2v) is 5.83. The van der Waals surface area contributed by atoms with Gasteiger partial charge in [0, 0.05) is 5.56 Å². The molecule has 1 rings (SSSR count). The largest absolute Gasteiger partial charge is 0.508 e. The Morgan fingerprint density at radius 3 is 2.38 bits per heavy atom. The van der Waals surface area contributed by atoms with E-state index in [1.54, 1.807) is 26.8 Å². The third-order valence-corrected chi connectivity index (χ3v) is 2.76. The summed E-state index contributed by atoms with van der Waals surface area (Å²) < 4.78 is 10.2. The topological polar surface area (TPSA) is 84.9 Å². The van der Waals surface area contributed by atoms with Crippen molar-refractivity contribution in [3.8, 4) is 11.5 Å². The number of phenolic OH excluding ortho intramolecular Hbond substituents is 1. The minimum Gasteiger partial charge on any atom is -0.508 e. The van der Waals surface area contributed by atoms with Crippen LogP contribution in [0.2, 0.25) is 0 Å². The first-order valence-electron chi connectivity index (χ1n) is 6.46. The van der Waals surface area contributed by atoms with Crippen LogP contribution < -0.4 is 10.1 Å². The van der Waals surface area contributed by atoms with Gasteiger partial charge in [-0.25, -0.2) is 4.79 Å². The average molecular weight is 295 g/mol. The SMILES string of the molecule is COc1ccc(O)c(C(C)(C=O)NC(=O)OC(C)(C)C)c1.